The number of hydrogen-bond donors (Lipinski definition) is 2. The van der Waals surface area contributed by atoms with Crippen LogP contribution in [0.4, 0.5) is 11.4 Å². The Morgan fingerprint density at radius 2 is 2.14 bits per heavy atom. The van der Waals surface area contributed by atoms with Crippen LogP contribution in [0.15, 0.2) is 18.3 Å². The molecule has 0 radical (unpaired) electrons. The van der Waals surface area contributed by atoms with Crippen LogP contribution < -0.4 is 11.1 Å². The van der Waals surface area contributed by atoms with Crippen LogP contribution in [0.2, 0.25) is 0 Å². The number of carbonyl (C=O) groups is 1. The van der Waals surface area contributed by atoms with E-state index in [0.29, 0.717) is 16.3 Å². The van der Waals surface area contributed by atoms with E-state index in [1.807, 2.05) is 33.0 Å². The number of fused-ring (bicyclic) bond motifs is 1. The van der Waals surface area contributed by atoms with Crippen molar-refractivity contribution >= 4 is 38.8 Å². The molecule has 0 unspecified atom stereocenters. The molecule has 0 fully saturated rings. The van der Waals surface area contributed by atoms with Crippen molar-refractivity contribution in [2.45, 2.75) is 13.8 Å². The summed E-state index contributed by atoms with van der Waals surface area (Å²) < 4.78 is 1.66. The standard InChI is InChI=1S/C14H15N5OS/c1-7-4-5-9-11(15)12(21-14(9)16-7)13(20)17-10-6-19(3)18-8(10)2/h4-6H,15H2,1-3H3,(H,17,20). The highest BCUT2D eigenvalue weighted by atomic mass is 32.1. The molecular weight excluding hydrogens is 286 g/mol. The summed E-state index contributed by atoms with van der Waals surface area (Å²) in [7, 11) is 1.81. The van der Waals surface area contributed by atoms with Gasteiger partial charge in [0.15, 0.2) is 0 Å². The molecule has 3 N–H and O–H groups in total. The first-order valence-corrected chi connectivity index (χ1v) is 7.24. The summed E-state index contributed by atoms with van der Waals surface area (Å²) in [5.41, 5.74) is 8.90. The third-order valence-electron chi connectivity index (χ3n) is 3.20. The molecule has 1 amide bonds. The van der Waals surface area contributed by atoms with Crippen molar-refractivity contribution in [2.75, 3.05) is 11.1 Å². The molecule has 3 aromatic heterocycles. The Labute approximate surface area is 125 Å². The number of nitrogen functional groups attached to an aromatic ring is 1. The van der Waals surface area contributed by atoms with Gasteiger partial charge in [-0.25, -0.2) is 4.98 Å². The minimum atomic E-state index is -0.232. The van der Waals surface area contributed by atoms with E-state index in [1.54, 1.807) is 10.9 Å². The highest BCUT2D eigenvalue weighted by Crippen LogP contribution is 2.33. The highest BCUT2D eigenvalue weighted by Gasteiger charge is 2.18. The van der Waals surface area contributed by atoms with Gasteiger partial charge in [-0.05, 0) is 26.0 Å². The Morgan fingerprint density at radius 1 is 1.38 bits per heavy atom. The molecule has 7 heteroatoms. The van der Waals surface area contributed by atoms with Crippen molar-refractivity contribution < 1.29 is 4.79 Å². The van der Waals surface area contributed by atoms with E-state index >= 15 is 0 Å². The fourth-order valence-electron chi connectivity index (χ4n) is 2.16. The summed E-state index contributed by atoms with van der Waals surface area (Å²) in [5.74, 6) is -0.232. The van der Waals surface area contributed by atoms with Gasteiger partial charge in [0, 0.05) is 24.3 Å². The molecule has 0 aliphatic rings. The highest BCUT2D eigenvalue weighted by molar-refractivity contribution is 7.21. The molecule has 0 spiro atoms. The summed E-state index contributed by atoms with van der Waals surface area (Å²) >= 11 is 1.30. The summed E-state index contributed by atoms with van der Waals surface area (Å²) in [6.45, 7) is 3.75. The van der Waals surface area contributed by atoms with Gasteiger partial charge in [-0.1, -0.05) is 0 Å². The molecule has 3 heterocycles. The van der Waals surface area contributed by atoms with Crippen molar-refractivity contribution in [2.24, 2.45) is 7.05 Å². The Balaban J connectivity index is 1.98. The van der Waals surface area contributed by atoms with Gasteiger partial charge >= 0.3 is 0 Å². The number of nitrogens with one attached hydrogen (secondary N) is 1. The number of anilines is 2. The molecular formula is C14H15N5OS. The van der Waals surface area contributed by atoms with E-state index < -0.39 is 0 Å². The molecule has 6 nitrogen and oxygen atoms in total. The maximum absolute atomic E-state index is 12.4. The summed E-state index contributed by atoms with van der Waals surface area (Å²) in [6.07, 6.45) is 1.76. The van der Waals surface area contributed by atoms with Crippen molar-refractivity contribution in [3.05, 3.63) is 34.6 Å². The molecule has 0 aliphatic heterocycles. The molecule has 0 bridgehead atoms. The molecule has 0 saturated heterocycles. The Kier molecular flexibility index (Phi) is 3.13. The second-order valence-electron chi connectivity index (χ2n) is 4.91. The van der Waals surface area contributed by atoms with Crippen LogP contribution in [0.1, 0.15) is 21.1 Å². The minimum absolute atomic E-state index is 0.232. The smallest absolute Gasteiger partial charge is 0.268 e. The van der Waals surface area contributed by atoms with Crippen LogP contribution in [-0.4, -0.2) is 20.7 Å². The lowest BCUT2D eigenvalue weighted by Crippen LogP contribution is -2.12. The van der Waals surface area contributed by atoms with Gasteiger partial charge in [0.05, 0.1) is 17.1 Å². The largest absolute Gasteiger partial charge is 0.397 e. The van der Waals surface area contributed by atoms with E-state index in [0.717, 1.165) is 21.6 Å². The van der Waals surface area contributed by atoms with Gasteiger partial charge in [-0.15, -0.1) is 11.3 Å². The van der Waals surface area contributed by atoms with Crippen LogP contribution in [0.3, 0.4) is 0 Å². The lowest BCUT2D eigenvalue weighted by molar-refractivity contribution is 0.103. The number of aryl methyl sites for hydroxylation is 3. The first-order valence-electron chi connectivity index (χ1n) is 6.43. The quantitative estimate of drug-likeness (QED) is 0.761. The predicted octanol–water partition coefficient (Wildman–Crippen LogP) is 2.48. The molecule has 108 valence electrons. The number of pyridine rings is 1. The van der Waals surface area contributed by atoms with E-state index in [1.165, 1.54) is 11.3 Å². The third-order valence-corrected chi connectivity index (χ3v) is 4.31. The van der Waals surface area contributed by atoms with Crippen molar-refractivity contribution in [1.29, 1.82) is 0 Å². The predicted molar refractivity (Wildman–Crippen MR) is 84.7 cm³/mol. The zero-order valence-corrected chi connectivity index (χ0v) is 12.8. The summed E-state index contributed by atoms with van der Waals surface area (Å²) in [6, 6.07) is 3.79. The number of aromatic nitrogens is 3. The van der Waals surface area contributed by atoms with E-state index in [2.05, 4.69) is 15.4 Å². The number of rotatable bonds is 2. The molecule has 3 aromatic rings. The topological polar surface area (TPSA) is 85.8 Å². The molecule has 0 aromatic carbocycles. The number of thiophene rings is 1. The maximum Gasteiger partial charge on any atom is 0.268 e. The first kappa shape index (κ1) is 13.6. The van der Waals surface area contributed by atoms with Crippen molar-refractivity contribution in [3.8, 4) is 0 Å². The molecule has 21 heavy (non-hydrogen) atoms. The average molecular weight is 301 g/mol. The van der Waals surface area contributed by atoms with Crippen LogP contribution in [0, 0.1) is 13.8 Å². The monoisotopic (exact) mass is 301 g/mol. The average Bonchev–Trinajstić information content (AvgIpc) is 2.90. The minimum Gasteiger partial charge on any atom is -0.397 e. The van der Waals surface area contributed by atoms with Crippen molar-refractivity contribution in [1.82, 2.24) is 14.8 Å². The fraction of sp³-hybridized carbons (Fsp3) is 0.214. The lowest BCUT2D eigenvalue weighted by atomic mass is 10.2. The van der Waals surface area contributed by atoms with Gasteiger partial charge in [0.1, 0.15) is 9.71 Å². The second-order valence-corrected chi connectivity index (χ2v) is 5.91. The summed E-state index contributed by atoms with van der Waals surface area (Å²) in [5, 5.41) is 7.86. The molecule has 0 saturated carbocycles. The van der Waals surface area contributed by atoms with Gasteiger partial charge in [0.2, 0.25) is 0 Å². The zero-order chi connectivity index (χ0) is 15.1. The van der Waals surface area contributed by atoms with Crippen LogP contribution >= 0.6 is 11.3 Å². The Morgan fingerprint density at radius 3 is 2.81 bits per heavy atom. The molecule has 0 atom stereocenters. The third kappa shape index (κ3) is 2.36. The van der Waals surface area contributed by atoms with Crippen LogP contribution in [0.25, 0.3) is 10.2 Å². The molecule has 0 aliphatic carbocycles. The van der Waals surface area contributed by atoms with Gasteiger partial charge in [0.25, 0.3) is 5.91 Å². The van der Waals surface area contributed by atoms with Gasteiger partial charge in [-0.2, -0.15) is 5.10 Å². The number of amides is 1. The fourth-order valence-corrected chi connectivity index (χ4v) is 3.19. The number of hydrogen-bond acceptors (Lipinski definition) is 5. The maximum atomic E-state index is 12.4. The second kappa shape index (κ2) is 4.85. The first-order chi connectivity index (χ1) is 9.95. The van der Waals surface area contributed by atoms with Gasteiger partial charge < -0.3 is 11.1 Å². The lowest BCUT2D eigenvalue weighted by Gasteiger charge is -2.02. The number of nitrogens with zero attached hydrogens (tertiary/aromatic N) is 3. The SMILES string of the molecule is Cc1ccc2c(N)c(C(=O)Nc3cn(C)nc3C)sc2n1. The number of nitrogens with two attached hydrogens (primary N) is 1. The van der Waals surface area contributed by atoms with Crippen molar-refractivity contribution in [3.63, 3.8) is 0 Å². The Bertz CT molecular complexity index is 849. The van der Waals surface area contributed by atoms with E-state index in [4.69, 9.17) is 5.73 Å². The van der Waals surface area contributed by atoms with Crippen LogP contribution in [-0.2, 0) is 7.05 Å². The van der Waals surface area contributed by atoms with E-state index in [9.17, 15) is 4.79 Å². The number of carbonyl (C=O) groups excluding carboxylic acids is 1. The normalized spacial score (nSPS) is 11.0. The van der Waals surface area contributed by atoms with E-state index in [-0.39, 0.29) is 5.91 Å². The zero-order valence-electron chi connectivity index (χ0n) is 12.0. The van der Waals surface area contributed by atoms with Crippen LogP contribution in [0.5, 0.6) is 0 Å². The molecule has 3 rings (SSSR count). The Hall–Kier alpha value is -2.41. The summed E-state index contributed by atoms with van der Waals surface area (Å²) in [4.78, 5) is 18.1. The van der Waals surface area contributed by atoms with Gasteiger partial charge in [-0.3, -0.25) is 9.48 Å².